The van der Waals surface area contributed by atoms with E-state index in [1.807, 2.05) is 36.2 Å². The zero-order chi connectivity index (χ0) is 17.2. The van der Waals surface area contributed by atoms with Crippen molar-refractivity contribution in [3.63, 3.8) is 0 Å². The Morgan fingerprint density at radius 1 is 1.08 bits per heavy atom. The van der Waals surface area contributed by atoms with Gasteiger partial charge < -0.3 is 4.90 Å². The fourth-order valence-electron chi connectivity index (χ4n) is 3.03. The van der Waals surface area contributed by atoms with Gasteiger partial charge in [0.2, 0.25) is 0 Å². The van der Waals surface area contributed by atoms with Crippen molar-refractivity contribution in [2.24, 2.45) is 0 Å². The number of carbonyl (C=O) groups excluding carboxylic acids is 1. The van der Waals surface area contributed by atoms with E-state index in [-0.39, 0.29) is 5.91 Å². The highest BCUT2D eigenvalue weighted by Gasteiger charge is 2.31. The molecule has 0 saturated heterocycles. The van der Waals surface area contributed by atoms with Crippen LogP contribution in [0.15, 0.2) is 49.3 Å². The van der Waals surface area contributed by atoms with Gasteiger partial charge in [-0.2, -0.15) is 0 Å². The second kappa shape index (κ2) is 6.39. The van der Waals surface area contributed by atoms with Gasteiger partial charge in [0.15, 0.2) is 0 Å². The fraction of sp³-hybridized carbons (Fsp3) is 0.211. The highest BCUT2D eigenvalue weighted by Crippen LogP contribution is 2.30. The molecule has 0 radical (unpaired) electrons. The van der Waals surface area contributed by atoms with Crippen LogP contribution in [-0.2, 0) is 13.0 Å². The van der Waals surface area contributed by atoms with Crippen LogP contribution in [0.1, 0.15) is 27.3 Å². The molecule has 4 heterocycles. The number of aryl methyl sites for hydroxylation is 1. The number of fused-ring (bicyclic) bond motifs is 1. The van der Waals surface area contributed by atoms with Gasteiger partial charge in [-0.25, -0.2) is 9.97 Å². The minimum atomic E-state index is 0.00839. The third-order valence-corrected chi connectivity index (χ3v) is 4.35. The number of pyridine rings is 2. The normalized spacial score (nSPS) is 13.2. The predicted octanol–water partition coefficient (Wildman–Crippen LogP) is 2.44. The summed E-state index contributed by atoms with van der Waals surface area (Å²) < 4.78 is 0. The topological polar surface area (TPSA) is 71.9 Å². The summed E-state index contributed by atoms with van der Waals surface area (Å²) in [7, 11) is 0. The molecule has 3 aromatic rings. The van der Waals surface area contributed by atoms with E-state index in [0.29, 0.717) is 18.7 Å². The smallest absolute Gasteiger partial charge is 0.256 e. The Morgan fingerprint density at radius 2 is 1.92 bits per heavy atom. The van der Waals surface area contributed by atoms with Crippen LogP contribution in [0.3, 0.4) is 0 Å². The number of amides is 1. The maximum absolute atomic E-state index is 12.9. The SMILES string of the molecule is Cc1ccc(CCN2Cc3nccc(-c4cncnc4)c3C2=O)nc1. The number of carbonyl (C=O) groups is 1. The Bertz CT molecular complexity index is 909. The van der Waals surface area contributed by atoms with E-state index in [1.165, 1.54) is 6.33 Å². The molecule has 0 bridgehead atoms. The van der Waals surface area contributed by atoms with Crippen LogP contribution < -0.4 is 0 Å². The lowest BCUT2D eigenvalue weighted by atomic mass is 10.0. The minimum absolute atomic E-state index is 0.00839. The van der Waals surface area contributed by atoms with Crippen molar-refractivity contribution >= 4 is 5.91 Å². The van der Waals surface area contributed by atoms with Crippen molar-refractivity contribution in [2.45, 2.75) is 19.9 Å². The molecule has 4 rings (SSSR count). The first kappa shape index (κ1) is 15.4. The Morgan fingerprint density at radius 3 is 2.68 bits per heavy atom. The molecule has 0 atom stereocenters. The van der Waals surface area contributed by atoms with Crippen molar-refractivity contribution in [1.82, 2.24) is 24.8 Å². The third-order valence-electron chi connectivity index (χ3n) is 4.35. The molecule has 6 heteroatoms. The fourth-order valence-corrected chi connectivity index (χ4v) is 3.03. The maximum atomic E-state index is 12.9. The van der Waals surface area contributed by atoms with Crippen molar-refractivity contribution in [3.8, 4) is 11.1 Å². The first-order chi connectivity index (χ1) is 12.2. The second-order valence-corrected chi connectivity index (χ2v) is 6.11. The molecular weight excluding hydrogens is 314 g/mol. The molecule has 0 fully saturated rings. The van der Waals surface area contributed by atoms with Gasteiger partial charge in [-0.1, -0.05) is 6.07 Å². The molecular formula is C19H17N5O. The van der Waals surface area contributed by atoms with Crippen molar-refractivity contribution in [1.29, 1.82) is 0 Å². The molecule has 0 N–H and O–H groups in total. The molecule has 6 nitrogen and oxygen atoms in total. The van der Waals surface area contributed by atoms with Crippen LogP contribution >= 0.6 is 0 Å². The van der Waals surface area contributed by atoms with E-state index >= 15 is 0 Å². The van der Waals surface area contributed by atoms with Gasteiger partial charge >= 0.3 is 0 Å². The van der Waals surface area contributed by atoms with Gasteiger partial charge in [0.1, 0.15) is 6.33 Å². The van der Waals surface area contributed by atoms with Crippen LogP contribution in [0, 0.1) is 6.92 Å². The monoisotopic (exact) mass is 331 g/mol. The largest absolute Gasteiger partial charge is 0.332 e. The van der Waals surface area contributed by atoms with E-state index in [9.17, 15) is 4.79 Å². The van der Waals surface area contributed by atoms with Gasteiger partial charge in [-0.05, 0) is 24.6 Å². The molecule has 0 aromatic carbocycles. The number of hydrogen-bond acceptors (Lipinski definition) is 5. The summed E-state index contributed by atoms with van der Waals surface area (Å²) in [6.45, 7) is 3.16. The molecule has 0 saturated carbocycles. The summed E-state index contributed by atoms with van der Waals surface area (Å²) in [5, 5.41) is 0. The van der Waals surface area contributed by atoms with Gasteiger partial charge in [-0.3, -0.25) is 14.8 Å². The zero-order valence-corrected chi connectivity index (χ0v) is 13.9. The van der Waals surface area contributed by atoms with E-state index in [2.05, 4.69) is 19.9 Å². The summed E-state index contributed by atoms with van der Waals surface area (Å²) in [6, 6.07) is 5.90. The molecule has 1 aliphatic rings. The van der Waals surface area contributed by atoms with Gasteiger partial charge in [0.05, 0.1) is 17.8 Å². The molecule has 0 aliphatic carbocycles. The highest BCUT2D eigenvalue weighted by molar-refractivity contribution is 6.03. The Hall–Kier alpha value is -3.15. The lowest BCUT2D eigenvalue weighted by Gasteiger charge is -2.15. The Balaban J connectivity index is 1.56. The maximum Gasteiger partial charge on any atom is 0.256 e. The van der Waals surface area contributed by atoms with Crippen LogP contribution in [0.2, 0.25) is 0 Å². The predicted molar refractivity (Wildman–Crippen MR) is 92.7 cm³/mol. The lowest BCUT2D eigenvalue weighted by molar-refractivity contribution is 0.0780. The summed E-state index contributed by atoms with van der Waals surface area (Å²) in [5.41, 5.74) is 5.26. The van der Waals surface area contributed by atoms with E-state index < -0.39 is 0 Å². The highest BCUT2D eigenvalue weighted by atomic mass is 16.2. The van der Waals surface area contributed by atoms with Crippen LogP contribution in [0.4, 0.5) is 0 Å². The quantitative estimate of drug-likeness (QED) is 0.734. The van der Waals surface area contributed by atoms with Gasteiger partial charge in [0.25, 0.3) is 5.91 Å². The molecule has 0 spiro atoms. The van der Waals surface area contributed by atoms with Crippen LogP contribution in [0.5, 0.6) is 0 Å². The number of nitrogens with zero attached hydrogens (tertiary/aromatic N) is 5. The van der Waals surface area contributed by atoms with E-state index in [0.717, 1.165) is 34.5 Å². The number of aromatic nitrogens is 4. The Kier molecular flexibility index (Phi) is 3.93. The van der Waals surface area contributed by atoms with Crippen molar-refractivity contribution < 1.29 is 4.79 Å². The standard InChI is InChI=1S/C19H17N5O/c1-13-2-3-15(23-8-13)5-7-24-11-17-18(19(24)25)16(4-6-22-17)14-9-20-12-21-10-14/h2-4,6,8-10,12H,5,7,11H2,1H3. The molecule has 1 aliphatic heterocycles. The van der Waals surface area contributed by atoms with Gasteiger partial charge in [-0.15, -0.1) is 0 Å². The van der Waals surface area contributed by atoms with Crippen molar-refractivity contribution in [2.75, 3.05) is 6.54 Å². The molecule has 3 aromatic heterocycles. The average Bonchev–Trinajstić information content (AvgIpc) is 2.98. The van der Waals surface area contributed by atoms with Crippen LogP contribution in [0.25, 0.3) is 11.1 Å². The Labute approximate surface area is 145 Å². The third kappa shape index (κ3) is 2.98. The van der Waals surface area contributed by atoms with E-state index in [4.69, 9.17) is 0 Å². The molecule has 124 valence electrons. The van der Waals surface area contributed by atoms with Gasteiger partial charge in [0, 0.05) is 54.6 Å². The summed E-state index contributed by atoms with van der Waals surface area (Å²) in [4.78, 5) is 31.6. The zero-order valence-electron chi connectivity index (χ0n) is 13.9. The molecule has 25 heavy (non-hydrogen) atoms. The number of hydrogen-bond donors (Lipinski definition) is 0. The first-order valence-electron chi connectivity index (χ1n) is 8.16. The van der Waals surface area contributed by atoms with Crippen LogP contribution in [-0.4, -0.2) is 37.3 Å². The summed E-state index contributed by atoms with van der Waals surface area (Å²) >= 11 is 0. The first-order valence-corrected chi connectivity index (χ1v) is 8.16. The lowest BCUT2D eigenvalue weighted by Crippen LogP contribution is -2.26. The summed E-state index contributed by atoms with van der Waals surface area (Å²) in [5.74, 6) is 0.00839. The summed E-state index contributed by atoms with van der Waals surface area (Å²) in [6.07, 6.45) is 9.23. The molecule has 0 unspecified atom stereocenters. The minimum Gasteiger partial charge on any atom is -0.332 e. The number of rotatable bonds is 4. The van der Waals surface area contributed by atoms with E-state index in [1.54, 1.807) is 18.6 Å². The van der Waals surface area contributed by atoms with Crippen molar-refractivity contribution in [3.05, 3.63) is 71.8 Å². The average molecular weight is 331 g/mol. The molecule has 1 amide bonds. The second-order valence-electron chi connectivity index (χ2n) is 6.11.